The Labute approximate surface area is 205 Å². The van der Waals surface area contributed by atoms with Gasteiger partial charge in [0.25, 0.3) is 5.56 Å². The average Bonchev–Trinajstić information content (AvgIpc) is 3.11. The highest BCUT2D eigenvalue weighted by Crippen LogP contribution is 2.23. The Hall–Kier alpha value is -3.52. The molecule has 1 atom stereocenters. The van der Waals surface area contributed by atoms with E-state index in [9.17, 15) is 14.7 Å². The van der Waals surface area contributed by atoms with Crippen molar-refractivity contribution in [3.63, 3.8) is 0 Å². The summed E-state index contributed by atoms with van der Waals surface area (Å²) in [5.74, 6) is -0.316. The molecular formula is C26H25BrN4O3. The van der Waals surface area contributed by atoms with E-state index in [2.05, 4.69) is 28.0 Å². The van der Waals surface area contributed by atoms with Crippen LogP contribution in [0.15, 0.2) is 62.9 Å². The highest BCUT2D eigenvalue weighted by Gasteiger charge is 2.16. The Kier molecular flexibility index (Phi) is 6.52. The number of aryl methyl sites for hydroxylation is 1. The standard InChI is InChI=1S/C26H25BrN4O3/c1-5-15(2)24-29-23-10-9-20(27)13-22(23)25(32)31(24)28-14-19-11-16(3)30(17(19)4)21-8-6-7-18(12-21)26(33)34/h6-15H,5H2,1-4H3,(H,33,34)/t15-/m0/s1. The molecule has 0 unspecified atom stereocenters. The molecule has 0 radical (unpaired) electrons. The summed E-state index contributed by atoms with van der Waals surface area (Å²) in [7, 11) is 0. The lowest BCUT2D eigenvalue weighted by atomic mass is 10.1. The predicted octanol–water partition coefficient (Wildman–Crippen LogP) is 5.66. The van der Waals surface area contributed by atoms with Crippen LogP contribution in [0.1, 0.15) is 59.3 Å². The maximum Gasteiger partial charge on any atom is 0.335 e. The van der Waals surface area contributed by atoms with Crippen molar-refractivity contribution in [2.24, 2.45) is 5.10 Å². The highest BCUT2D eigenvalue weighted by molar-refractivity contribution is 9.10. The van der Waals surface area contributed by atoms with Crippen LogP contribution in [0.2, 0.25) is 0 Å². The molecule has 2 heterocycles. The maximum atomic E-state index is 13.4. The fourth-order valence-electron chi connectivity index (χ4n) is 3.99. The van der Waals surface area contributed by atoms with Gasteiger partial charge in [0.2, 0.25) is 0 Å². The number of fused-ring (bicyclic) bond motifs is 1. The number of benzene rings is 2. The molecule has 0 saturated carbocycles. The molecule has 0 bridgehead atoms. The van der Waals surface area contributed by atoms with E-state index in [0.717, 1.165) is 33.5 Å². The number of hydrogen-bond acceptors (Lipinski definition) is 4. The number of aromatic carboxylic acids is 1. The fourth-order valence-corrected chi connectivity index (χ4v) is 4.35. The van der Waals surface area contributed by atoms with Gasteiger partial charge < -0.3 is 9.67 Å². The first kappa shape index (κ1) is 23.6. The second kappa shape index (κ2) is 9.38. The molecule has 0 fully saturated rings. The number of carbonyl (C=O) groups is 1. The van der Waals surface area contributed by atoms with Crippen LogP contribution in [-0.2, 0) is 0 Å². The summed E-state index contributed by atoms with van der Waals surface area (Å²) < 4.78 is 4.17. The van der Waals surface area contributed by atoms with Gasteiger partial charge in [0.15, 0.2) is 0 Å². The Morgan fingerprint density at radius 3 is 2.68 bits per heavy atom. The van der Waals surface area contributed by atoms with Crippen molar-refractivity contribution in [3.8, 4) is 5.69 Å². The second-order valence-corrected chi connectivity index (χ2v) is 9.24. The third-order valence-corrected chi connectivity index (χ3v) is 6.51. The Bertz CT molecular complexity index is 1500. The molecule has 8 heteroatoms. The van der Waals surface area contributed by atoms with E-state index in [1.165, 1.54) is 4.68 Å². The zero-order valence-corrected chi connectivity index (χ0v) is 21.0. The van der Waals surface area contributed by atoms with Crippen LogP contribution in [0.3, 0.4) is 0 Å². The van der Waals surface area contributed by atoms with Gasteiger partial charge in [0.1, 0.15) is 5.82 Å². The van der Waals surface area contributed by atoms with Crippen molar-refractivity contribution >= 4 is 39.0 Å². The summed E-state index contributed by atoms with van der Waals surface area (Å²) in [4.78, 5) is 29.5. The number of nitrogens with zero attached hydrogens (tertiary/aromatic N) is 4. The van der Waals surface area contributed by atoms with Gasteiger partial charge in [-0.15, -0.1) is 0 Å². The summed E-state index contributed by atoms with van der Waals surface area (Å²) in [6.07, 6.45) is 2.48. The first-order valence-corrected chi connectivity index (χ1v) is 11.8. The molecular weight excluding hydrogens is 496 g/mol. The van der Waals surface area contributed by atoms with Gasteiger partial charge >= 0.3 is 5.97 Å². The number of hydrogen-bond donors (Lipinski definition) is 1. The van der Waals surface area contributed by atoms with Crippen molar-refractivity contribution in [2.45, 2.75) is 40.0 Å². The SMILES string of the molecule is CC[C@H](C)c1nc2ccc(Br)cc2c(=O)n1N=Cc1cc(C)n(-c2cccc(C(=O)O)c2)c1C. The maximum absolute atomic E-state index is 13.4. The number of carboxylic acids is 1. The summed E-state index contributed by atoms with van der Waals surface area (Å²) in [5.41, 5.74) is 4.04. The van der Waals surface area contributed by atoms with Crippen LogP contribution < -0.4 is 5.56 Å². The van der Waals surface area contributed by atoms with E-state index in [1.54, 1.807) is 30.5 Å². The lowest BCUT2D eigenvalue weighted by molar-refractivity contribution is 0.0697. The summed E-state index contributed by atoms with van der Waals surface area (Å²) >= 11 is 3.43. The third-order valence-electron chi connectivity index (χ3n) is 6.02. The van der Waals surface area contributed by atoms with Gasteiger partial charge in [0, 0.05) is 33.0 Å². The number of aromatic nitrogens is 3. The minimum Gasteiger partial charge on any atom is -0.478 e. The van der Waals surface area contributed by atoms with Gasteiger partial charge in [-0.1, -0.05) is 35.8 Å². The fraction of sp³-hybridized carbons (Fsp3) is 0.231. The van der Waals surface area contributed by atoms with Crippen LogP contribution in [0.5, 0.6) is 0 Å². The van der Waals surface area contributed by atoms with E-state index in [4.69, 9.17) is 4.98 Å². The van der Waals surface area contributed by atoms with E-state index in [-0.39, 0.29) is 17.0 Å². The molecule has 174 valence electrons. The number of rotatable bonds is 6. The summed E-state index contributed by atoms with van der Waals surface area (Å²) in [6.45, 7) is 7.97. The molecule has 0 saturated heterocycles. The van der Waals surface area contributed by atoms with E-state index in [1.807, 2.05) is 49.6 Å². The molecule has 7 nitrogen and oxygen atoms in total. The van der Waals surface area contributed by atoms with Crippen LogP contribution >= 0.6 is 15.9 Å². The van der Waals surface area contributed by atoms with Crippen molar-refractivity contribution in [1.29, 1.82) is 0 Å². The monoisotopic (exact) mass is 520 g/mol. The molecule has 0 aliphatic rings. The summed E-state index contributed by atoms with van der Waals surface area (Å²) in [6, 6.07) is 14.2. The van der Waals surface area contributed by atoms with Crippen LogP contribution in [0, 0.1) is 13.8 Å². The molecule has 0 aliphatic heterocycles. The molecule has 0 spiro atoms. The van der Waals surface area contributed by atoms with Crippen LogP contribution in [0.25, 0.3) is 16.6 Å². The van der Waals surface area contributed by atoms with Gasteiger partial charge in [-0.2, -0.15) is 9.78 Å². The lowest BCUT2D eigenvalue weighted by Crippen LogP contribution is -2.23. The minimum absolute atomic E-state index is 0.0455. The molecule has 2 aromatic carbocycles. The Morgan fingerprint density at radius 1 is 1.21 bits per heavy atom. The zero-order chi connectivity index (χ0) is 24.6. The zero-order valence-electron chi connectivity index (χ0n) is 19.4. The Morgan fingerprint density at radius 2 is 1.97 bits per heavy atom. The largest absolute Gasteiger partial charge is 0.478 e. The highest BCUT2D eigenvalue weighted by atomic mass is 79.9. The molecule has 0 amide bonds. The summed E-state index contributed by atoms with van der Waals surface area (Å²) in [5, 5.41) is 14.4. The Balaban J connectivity index is 1.83. The van der Waals surface area contributed by atoms with Crippen molar-refractivity contribution < 1.29 is 9.90 Å². The molecule has 4 rings (SSSR count). The third kappa shape index (κ3) is 4.33. The molecule has 0 aliphatic carbocycles. The van der Waals surface area contributed by atoms with Gasteiger partial charge in [-0.3, -0.25) is 4.79 Å². The molecule has 2 aromatic heterocycles. The molecule has 4 aromatic rings. The molecule has 34 heavy (non-hydrogen) atoms. The lowest BCUT2D eigenvalue weighted by Gasteiger charge is -2.14. The average molecular weight is 521 g/mol. The van der Waals surface area contributed by atoms with Crippen LogP contribution in [0.4, 0.5) is 0 Å². The van der Waals surface area contributed by atoms with E-state index in [0.29, 0.717) is 16.7 Å². The van der Waals surface area contributed by atoms with Crippen molar-refractivity contribution in [2.75, 3.05) is 0 Å². The van der Waals surface area contributed by atoms with Crippen molar-refractivity contribution in [1.82, 2.24) is 14.2 Å². The van der Waals surface area contributed by atoms with Crippen LogP contribution in [-0.4, -0.2) is 31.5 Å². The van der Waals surface area contributed by atoms with E-state index >= 15 is 0 Å². The normalized spacial score (nSPS) is 12.5. The first-order valence-electron chi connectivity index (χ1n) is 11.0. The quantitative estimate of drug-likeness (QED) is 0.332. The predicted molar refractivity (Wildman–Crippen MR) is 138 cm³/mol. The second-order valence-electron chi connectivity index (χ2n) is 8.32. The minimum atomic E-state index is -0.974. The number of carboxylic acid groups (broad SMARTS) is 1. The topological polar surface area (TPSA) is 89.5 Å². The smallest absolute Gasteiger partial charge is 0.335 e. The first-order chi connectivity index (χ1) is 16.2. The molecule has 1 N–H and O–H groups in total. The van der Waals surface area contributed by atoms with Crippen molar-refractivity contribution in [3.05, 3.63) is 91.7 Å². The number of halogens is 1. The van der Waals surface area contributed by atoms with E-state index < -0.39 is 5.97 Å². The van der Waals surface area contributed by atoms with Gasteiger partial charge in [-0.25, -0.2) is 9.78 Å². The van der Waals surface area contributed by atoms with Gasteiger partial charge in [-0.05, 0) is 62.7 Å². The van der Waals surface area contributed by atoms with Gasteiger partial charge in [0.05, 0.1) is 22.7 Å².